The topological polar surface area (TPSA) is 52.9 Å². The van der Waals surface area contributed by atoms with E-state index < -0.39 is 0 Å². The maximum absolute atomic E-state index is 12.1. The molecule has 106 valence electrons. The lowest BCUT2D eigenvalue weighted by Crippen LogP contribution is -2.22. The van der Waals surface area contributed by atoms with E-state index in [1.54, 1.807) is 35.7 Å². The van der Waals surface area contributed by atoms with E-state index >= 15 is 0 Å². The number of nitrogens with zero attached hydrogens (tertiary/aromatic N) is 1. The van der Waals surface area contributed by atoms with E-state index in [9.17, 15) is 10.1 Å². The molecule has 1 amide bonds. The number of nitriles is 1. The van der Waals surface area contributed by atoms with Crippen LogP contribution in [0.2, 0.25) is 0 Å². The molecule has 0 atom stereocenters. The molecule has 0 saturated heterocycles. The number of carbonyl (C=O) groups is 1. The molecule has 0 unspecified atom stereocenters. The van der Waals surface area contributed by atoms with Gasteiger partial charge in [0.1, 0.15) is 11.8 Å². The number of thioether (sulfide) groups is 2. The zero-order chi connectivity index (χ0) is 15.0. The predicted molar refractivity (Wildman–Crippen MR) is 87.5 cm³/mol. The standard InChI is InChI=1S/C15H18N2OS2/c1-4-19-15(20-5-2)13(10-16)17-14(18)12-8-6-11(3)7-9-12/h6-9H,4-5H2,1-3H3,(H,17,18). The van der Waals surface area contributed by atoms with Crippen molar-refractivity contribution in [3.05, 3.63) is 45.3 Å². The van der Waals surface area contributed by atoms with Crippen LogP contribution in [0.15, 0.2) is 34.2 Å². The molecular formula is C15H18N2OS2. The van der Waals surface area contributed by atoms with Gasteiger partial charge in [-0.05, 0) is 30.6 Å². The minimum absolute atomic E-state index is 0.243. The van der Waals surface area contributed by atoms with Crippen LogP contribution in [0.25, 0.3) is 0 Å². The largest absolute Gasteiger partial charge is 0.312 e. The van der Waals surface area contributed by atoms with Crippen molar-refractivity contribution >= 4 is 29.4 Å². The lowest BCUT2D eigenvalue weighted by Gasteiger charge is -2.09. The van der Waals surface area contributed by atoms with E-state index in [1.807, 2.05) is 32.9 Å². The molecule has 0 spiro atoms. The van der Waals surface area contributed by atoms with Crippen LogP contribution in [-0.2, 0) is 0 Å². The smallest absolute Gasteiger partial charge is 0.256 e. The van der Waals surface area contributed by atoms with Crippen molar-refractivity contribution in [2.24, 2.45) is 0 Å². The van der Waals surface area contributed by atoms with Crippen molar-refractivity contribution in [3.63, 3.8) is 0 Å². The molecular weight excluding hydrogens is 288 g/mol. The number of amides is 1. The van der Waals surface area contributed by atoms with Crippen LogP contribution in [0, 0.1) is 18.3 Å². The quantitative estimate of drug-likeness (QED) is 0.809. The summed E-state index contributed by atoms with van der Waals surface area (Å²) in [6, 6.07) is 9.38. The first-order valence-corrected chi connectivity index (χ1v) is 8.37. The summed E-state index contributed by atoms with van der Waals surface area (Å²) >= 11 is 3.16. The molecule has 0 radical (unpaired) electrons. The fraction of sp³-hybridized carbons (Fsp3) is 0.333. The average molecular weight is 306 g/mol. The number of nitrogens with one attached hydrogen (secondary N) is 1. The Labute approximate surface area is 128 Å². The summed E-state index contributed by atoms with van der Waals surface area (Å²) in [5, 5.41) is 12.0. The lowest BCUT2D eigenvalue weighted by atomic mass is 10.1. The van der Waals surface area contributed by atoms with E-state index in [0.717, 1.165) is 21.3 Å². The van der Waals surface area contributed by atoms with Gasteiger partial charge in [0.05, 0.1) is 4.24 Å². The van der Waals surface area contributed by atoms with Gasteiger partial charge in [0.15, 0.2) is 0 Å². The summed E-state index contributed by atoms with van der Waals surface area (Å²) < 4.78 is 0.873. The molecule has 3 nitrogen and oxygen atoms in total. The maximum Gasteiger partial charge on any atom is 0.256 e. The molecule has 1 rings (SSSR count). The number of hydrogen-bond acceptors (Lipinski definition) is 4. The van der Waals surface area contributed by atoms with Crippen molar-refractivity contribution in [1.82, 2.24) is 5.32 Å². The highest BCUT2D eigenvalue weighted by Crippen LogP contribution is 2.30. The highest BCUT2D eigenvalue weighted by atomic mass is 32.2. The Kier molecular flexibility index (Phi) is 7.27. The molecule has 0 aliphatic heterocycles. The summed E-state index contributed by atoms with van der Waals surface area (Å²) in [4.78, 5) is 12.1. The van der Waals surface area contributed by atoms with Gasteiger partial charge >= 0.3 is 0 Å². The molecule has 0 fully saturated rings. The van der Waals surface area contributed by atoms with Gasteiger partial charge in [-0.15, -0.1) is 23.5 Å². The molecule has 0 aromatic heterocycles. The number of rotatable bonds is 6. The maximum atomic E-state index is 12.1. The third kappa shape index (κ3) is 4.95. The van der Waals surface area contributed by atoms with Crippen LogP contribution in [0.3, 0.4) is 0 Å². The second-order valence-corrected chi connectivity index (χ2v) is 6.77. The van der Waals surface area contributed by atoms with Crippen LogP contribution in [-0.4, -0.2) is 17.4 Å². The van der Waals surface area contributed by atoms with Gasteiger partial charge in [-0.1, -0.05) is 31.5 Å². The van der Waals surface area contributed by atoms with Gasteiger partial charge in [-0.25, -0.2) is 0 Å². The molecule has 0 bridgehead atoms. The van der Waals surface area contributed by atoms with Crippen molar-refractivity contribution in [2.45, 2.75) is 20.8 Å². The Morgan fingerprint density at radius 1 is 1.20 bits per heavy atom. The molecule has 0 saturated carbocycles. The van der Waals surface area contributed by atoms with Crippen molar-refractivity contribution in [1.29, 1.82) is 5.26 Å². The molecule has 1 N–H and O–H groups in total. The molecule has 1 aromatic carbocycles. The minimum atomic E-state index is -0.243. The average Bonchev–Trinajstić information content (AvgIpc) is 2.45. The molecule has 0 aliphatic carbocycles. The number of aryl methyl sites for hydroxylation is 1. The van der Waals surface area contributed by atoms with E-state index in [-0.39, 0.29) is 5.91 Å². The number of hydrogen-bond donors (Lipinski definition) is 1. The highest BCUT2D eigenvalue weighted by Gasteiger charge is 2.12. The van der Waals surface area contributed by atoms with E-state index in [1.165, 1.54) is 0 Å². The second kappa shape index (κ2) is 8.72. The lowest BCUT2D eigenvalue weighted by molar-refractivity contribution is 0.0967. The monoisotopic (exact) mass is 306 g/mol. The number of carbonyl (C=O) groups excluding carboxylic acids is 1. The Hall–Kier alpha value is -1.38. The summed E-state index contributed by atoms with van der Waals surface area (Å²) in [5.41, 5.74) is 2.00. The zero-order valence-electron chi connectivity index (χ0n) is 11.9. The van der Waals surface area contributed by atoms with Crippen LogP contribution in [0.4, 0.5) is 0 Å². The molecule has 0 heterocycles. The summed E-state index contributed by atoms with van der Waals surface area (Å²) in [6.07, 6.45) is 0. The molecule has 5 heteroatoms. The minimum Gasteiger partial charge on any atom is -0.312 e. The Bertz CT molecular complexity index is 522. The summed E-state index contributed by atoms with van der Waals surface area (Å²) in [7, 11) is 0. The third-order valence-electron chi connectivity index (χ3n) is 2.42. The molecule has 1 aromatic rings. The van der Waals surface area contributed by atoms with Gasteiger partial charge in [-0.2, -0.15) is 5.26 Å². The van der Waals surface area contributed by atoms with E-state index in [0.29, 0.717) is 11.3 Å². The highest BCUT2D eigenvalue weighted by molar-refractivity contribution is 8.22. The summed E-state index contributed by atoms with van der Waals surface area (Å²) in [5.74, 6) is 1.49. The van der Waals surface area contributed by atoms with Crippen LogP contribution < -0.4 is 5.32 Å². The normalized spacial score (nSPS) is 9.70. The first-order valence-electron chi connectivity index (χ1n) is 6.40. The fourth-order valence-electron chi connectivity index (χ4n) is 1.46. The van der Waals surface area contributed by atoms with Gasteiger partial charge in [0.2, 0.25) is 0 Å². The van der Waals surface area contributed by atoms with Gasteiger partial charge in [-0.3, -0.25) is 4.79 Å². The Morgan fingerprint density at radius 2 is 1.75 bits per heavy atom. The number of benzene rings is 1. The fourth-order valence-corrected chi connectivity index (χ4v) is 3.51. The third-order valence-corrected chi connectivity index (χ3v) is 4.64. The van der Waals surface area contributed by atoms with Crippen LogP contribution in [0.5, 0.6) is 0 Å². The van der Waals surface area contributed by atoms with E-state index in [4.69, 9.17) is 0 Å². The van der Waals surface area contributed by atoms with Gasteiger partial charge in [0.25, 0.3) is 5.91 Å². The van der Waals surface area contributed by atoms with Gasteiger partial charge in [0, 0.05) is 5.56 Å². The molecule has 20 heavy (non-hydrogen) atoms. The summed E-state index contributed by atoms with van der Waals surface area (Å²) in [6.45, 7) is 6.02. The predicted octanol–water partition coefficient (Wildman–Crippen LogP) is 3.92. The second-order valence-electron chi connectivity index (χ2n) is 3.96. The van der Waals surface area contributed by atoms with Crippen molar-refractivity contribution in [3.8, 4) is 6.07 Å². The van der Waals surface area contributed by atoms with Crippen LogP contribution in [0.1, 0.15) is 29.8 Å². The number of allylic oxidation sites excluding steroid dienone is 1. The Balaban J connectivity index is 2.91. The van der Waals surface area contributed by atoms with E-state index in [2.05, 4.69) is 11.4 Å². The Morgan fingerprint density at radius 3 is 2.20 bits per heavy atom. The molecule has 0 aliphatic rings. The van der Waals surface area contributed by atoms with Gasteiger partial charge < -0.3 is 5.32 Å². The van der Waals surface area contributed by atoms with Crippen LogP contribution >= 0.6 is 23.5 Å². The first kappa shape index (κ1) is 16.7. The first-order chi connectivity index (χ1) is 9.62. The van der Waals surface area contributed by atoms with Crippen molar-refractivity contribution in [2.75, 3.05) is 11.5 Å². The SMILES string of the molecule is CCSC(SCC)=C(C#N)NC(=O)c1ccc(C)cc1. The zero-order valence-corrected chi connectivity index (χ0v) is 13.5. The van der Waals surface area contributed by atoms with Crippen molar-refractivity contribution < 1.29 is 4.79 Å².